The lowest BCUT2D eigenvalue weighted by Crippen LogP contribution is -2.26. The lowest BCUT2D eigenvalue weighted by molar-refractivity contribution is -0.140. The molecule has 0 spiro atoms. The number of esters is 1. The summed E-state index contributed by atoms with van der Waals surface area (Å²) in [7, 11) is 0. The van der Waals surface area contributed by atoms with Crippen molar-refractivity contribution in [3.8, 4) is 11.6 Å². The zero-order valence-corrected chi connectivity index (χ0v) is 19.1. The Bertz CT molecular complexity index is 614. The highest BCUT2D eigenvalue weighted by Crippen LogP contribution is 2.38. The van der Waals surface area contributed by atoms with E-state index in [0.717, 1.165) is 30.6 Å². The minimum Gasteiger partial charge on any atom is -0.478 e. The van der Waals surface area contributed by atoms with E-state index in [1.165, 1.54) is 70.6 Å². The quantitative estimate of drug-likeness (QED) is 0.387. The monoisotopic (exact) mass is 415 g/mol. The standard InChI is InChI=1S/C26H41NO3/c1-3-5-6-20-7-9-21(10-8-20)11-12-22-13-15-23(16-14-22)26(28)30-24-17-18-25(27-19-24)29-4-2/h17-23H,3-16H2,1-2H3. The Hall–Kier alpha value is -1.58. The number of aromatic nitrogens is 1. The molecule has 168 valence electrons. The first-order chi connectivity index (χ1) is 14.7. The molecular formula is C26H41NO3. The van der Waals surface area contributed by atoms with Gasteiger partial charge in [-0.2, -0.15) is 0 Å². The van der Waals surface area contributed by atoms with Crippen LogP contribution in [-0.4, -0.2) is 17.6 Å². The Kier molecular flexibility index (Phi) is 9.48. The molecule has 0 N–H and O–H groups in total. The summed E-state index contributed by atoms with van der Waals surface area (Å²) in [4.78, 5) is 16.7. The highest BCUT2D eigenvalue weighted by atomic mass is 16.5. The van der Waals surface area contributed by atoms with Crippen molar-refractivity contribution in [3.05, 3.63) is 18.3 Å². The average Bonchev–Trinajstić information content (AvgIpc) is 2.79. The molecule has 0 amide bonds. The molecule has 2 fully saturated rings. The van der Waals surface area contributed by atoms with Crippen LogP contribution < -0.4 is 9.47 Å². The Morgan fingerprint density at radius 1 is 0.900 bits per heavy atom. The molecule has 0 atom stereocenters. The molecule has 4 nitrogen and oxygen atoms in total. The van der Waals surface area contributed by atoms with Gasteiger partial charge in [0.1, 0.15) is 5.75 Å². The van der Waals surface area contributed by atoms with Gasteiger partial charge in [0, 0.05) is 6.07 Å². The first-order valence-corrected chi connectivity index (χ1v) is 12.5. The third-order valence-corrected chi connectivity index (χ3v) is 7.32. The van der Waals surface area contributed by atoms with Crippen molar-refractivity contribution in [1.82, 2.24) is 4.98 Å². The van der Waals surface area contributed by atoms with E-state index in [0.29, 0.717) is 18.2 Å². The number of nitrogens with zero attached hydrogens (tertiary/aromatic N) is 1. The number of hydrogen-bond donors (Lipinski definition) is 0. The van der Waals surface area contributed by atoms with Crippen LogP contribution in [0.2, 0.25) is 0 Å². The van der Waals surface area contributed by atoms with E-state index in [4.69, 9.17) is 9.47 Å². The Morgan fingerprint density at radius 3 is 2.03 bits per heavy atom. The maximum atomic E-state index is 12.5. The molecule has 1 aromatic rings. The van der Waals surface area contributed by atoms with Crippen LogP contribution in [0.15, 0.2) is 18.3 Å². The lowest BCUT2D eigenvalue weighted by atomic mass is 9.75. The molecule has 0 aromatic carbocycles. The molecule has 1 heterocycles. The molecule has 2 saturated carbocycles. The summed E-state index contributed by atoms with van der Waals surface area (Å²) in [6.45, 7) is 4.80. The number of unbranched alkanes of at least 4 members (excludes halogenated alkanes) is 1. The van der Waals surface area contributed by atoms with Crippen LogP contribution in [0.3, 0.4) is 0 Å². The van der Waals surface area contributed by atoms with Gasteiger partial charge < -0.3 is 9.47 Å². The summed E-state index contributed by atoms with van der Waals surface area (Å²) in [5.41, 5.74) is 0. The van der Waals surface area contributed by atoms with Gasteiger partial charge in [0.25, 0.3) is 0 Å². The zero-order chi connectivity index (χ0) is 21.2. The van der Waals surface area contributed by atoms with Crippen LogP contribution in [0.25, 0.3) is 0 Å². The third-order valence-electron chi connectivity index (χ3n) is 7.32. The van der Waals surface area contributed by atoms with E-state index in [1.54, 1.807) is 18.3 Å². The average molecular weight is 416 g/mol. The summed E-state index contributed by atoms with van der Waals surface area (Å²) in [5, 5.41) is 0. The summed E-state index contributed by atoms with van der Waals surface area (Å²) >= 11 is 0. The molecule has 0 saturated heterocycles. The van der Waals surface area contributed by atoms with Crippen molar-refractivity contribution in [2.75, 3.05) is 6.61 Å². The predicted molar refractivity (Wildman–Crippen MR) is 121 cm³/mol. The van der Waals surface area contributed by atoms with Gasteiger partial charge >= 0.3 is 5.97 Å². The van der Waals surface area contributed by atoms with E-state index < -0.39 is 0 Å². The Labute approximate surface area is 183 Å². The van der Waals surface area contributed by atoms with Crippen molar-refractivity contribution >= 4 is 5.97 Å². The van der Waals surface area contributed by atoms with Crippen molar-refractivity contribution in [2.24, 2.45) is 23.7 Å². The van der Waals surface area contributed by atoms with Crippen LogP contribution in [0.4, 0.5) is 0 Å². The van der Waals surface area contributed by atoms with Crippen molar-refractivity contribution < 1.29 is 14.3 Å². The minimum absolute atomic E-state index is 0.0434. The maximum Gasteiger partial charge on any atom is 0.314 e. The van der Waals surface area contributed by atoms with E-state index >= 15 is 0 Å². The van der Waals surface area contributed by atoms with Gasteiger partial charge in [-0.05, 0) is 56.4 Å². The number of hydrogen-bond acceptors (Lipinski definition) is 4. The predicted octanol–water partition coefficient (Wildman–Crippen LogP) is 6.97. The van der Waals surface area contributed by atoms with E-state index in [9.17, 15) is 4.79 Å². The summed E-state index contributed by atoms with van der Waals surface area (Å²) < 4.78 is 10.9. The summed E-state index contributed by atoms with van der Waals surface area (Å²) in [5.74, 6) is 3.80. The number of carbonyl (C=O) groups excluding carboxylic acids is 1. The molecule has 4 heteroatoms. The summed E-state index contributed by atoms with van der Waals surface area (Å²) in [6, 6.07) is 3.51. The topological polar surface area (TPSA) is 48.4 Å². The van der Waals surface area contributed by atoms with Gasteiger partial charge in [0.05, 0.1) is 18.7 Å². The second-order valence-corrected chi connectivity index (χ2v) is 9.51. The highest BCUT2D eigenvalue weighted by molar-refractivity contribution is 5.75. The largest absolute Gasteiger partial charge is 0.478 e. The van der Waals surface area contributed by atoms with Crippen LogP contribution >= 0.6 is 0 Å². The van der Waals surface area contributed by atoms with E-state index in [2.05, 4.69) is 11.9 Å². The molecule has 2 aliphatic rings. The first kappa shape index (κ1) is 23.1. The van der Waals surface area contributed by atoms with Crippen molar-refractivity contribution in [3.63, 3.8) is 0 Å². The van der Waals surface area contributed by atoms with Gasteiger partial charge in [0.2, 0.25) is 5.88 Å². The smallest absolute Gasteiger partial charge is 0.314 e. The summed E-state index contributed by atoms with van der Waals surface area (Å²) in [6.07, 6.45) is 18.7. The van der Waals surface area contributed by atoms with Gasteiger partial charge in [-0.25, -0.2) is 4.98 Å². The maximum absolute atomic E-state index is 12.5. The normalized spacial score (nSPS) is 26.9. The number of pyridine rings is 1. The fourth-order valence-electron chi connectivity index (χ4n) is 5.32. The first-order valence-electron chi connectivity index (χ1n) is 12.5. The van der Waals surface area contributed by atoms with Crippen molar-refractivity contribution in [1.29, 1.82) is 0 Å². The van der Waals surface area contributed by atoms with Gasteiger partial charge in [-0.3, -0.25) is 4.79 Å². The zero-order valence-electron chi connectivity index (χ0n) is 19.1. The van der Waals surface area contributed by atoms with E-state index in [1.807, 2.05) is 6.92 Å². The molecule has 0 radical (unpaired) electrons. The van der Waals surface area contributed by atoms with Crippen LogP contribution in [0.5, 0.6) is 11.6 Å². The molecule has 0 aliphatic heterocycles. The van der Waals surface area contributed by atoms with Gasteiger partial charge in [-0.1, -0.05) is 64.7 Å². The Balaban J connectivity index is 1.31. The highest BCUT2D eigenvalue weighted by Gasteiger charge is 2.29. The molecule has 0 unspecified atom stereocenters. The van der Waals surface area contributed by atoms with E-state index in [-0.39, 0.29) is 11.9 Å². The number of ether oxygens (including phenoxy) is 2. The molecule has 1 aromatic heterocycles. The molecular weight excluding hydrogens is 374 g/mol. The minimum atomic E-state index is -0.0928. The third kappa shape index (κ3) is 7.28. The second-order valence-electron chi connectivity index (χ2n) is 9.51. The SMILES string of the molecule is CCCCC1CCC(CCC2CCC(C(=O)Oc3ccc(OCC)nc3)CC2)CC1. The van der Waals surface area contributed by atoms with Gasteiger partial charge in [0.15, 0.2) is 0 Å². The lowest BCUT2D eigenvalue weighted by Gasteiger charge is -2.31. The number of rotatable bonds is 10. The van der Waals surface area contributed by atoms with Crippen molar-refractivity contribution in [2.45, 2.75) is 97.3 Å². The number of carbonyl (C=O) groups is 1. The van der Waals surface area contributed by atoms with Gasteiger partial charge in [-0.15, -0.1) is 0 Å². The molecule has 30 heavy (non-hydrogen) atoms. The van der Waals surface area contributed by atoms with Crippen LogP contribution in [-0.2, 0) is 4.79 Å². The Morgan fingerprint density at radius 2 is 1.50 bits per heavy atom. The molecule has 3 rings (SSSR count). The molecule has 0 bridgehead atoms. The molecule has 2 aliphatic carbocycles. The van der Waals surface area contributed by atoms with Crippen LogP contribution in [0.1, 0.15) is 97.3 Å². The fraction of sp³-hybridized carbons (Fsp3) is 0.769. The fourth-order valence-corrected chi connectivity index (χ4v) is 5.32. The second kappa shape index (κ2) is 12.3. The van der Waals surface area contributed by atoms with Crippen LogP contribution in [0, 0.1) is 23.7 Å².